The van der Waals surface area contributed by atoms with Crippen molar-refractivity contribution in [2.45, 2.75) is 19.9 Å². The molecule has 0 bridgehead atoms. The lowest BCUT2D eigenvalue weighted by Crippen LogP contribution is -2.16. The molecule has 0 aliphatic rings. The fourth-order valence-corrected chi connectivity index (χ4v) is 1.94. The van der Waals surface area contributed by atoms with E-state index in [9.17, 15) is 4.79 Å². The average molecular weight is 323 g/mol. The summed E-state index contributed by atoms with van der Waals surface area (Å²) >= 11 is 3.30. The van der Waals surface area contributed by atoms with Crippen LogP contribution in [-0.2, 0) is 0 Å². The van der Waals surface area contributed by atoms with E-state index in [0.717, 1.165) is 4.47 Å². The number of nitrogens with two attached hydrogens (primary N) is 1. The number of carbonyl (C=O) groups is 1. The highest BCUT2D eigenvalue weighted by Gasteiger charge is 2.12. The molecule has 1 aromatic heterocycles. The number of anilines is 2. The maximum absolute atomic E-state index is 12.1. The minimum Gasteiger partial charge on any atom is -0.398 e. The van der Waals surface area contributed by atoms with Gasteiger partial charge in [-0.1, -0.05) is 0 Å². The zero-order chi connectivity index (χ0) is 14.0. The Morgan fingerprint density at radius 3 is 2.79 bits per heavy atom. The molecular weight excluding hydrogens is 308 g/mol. The van der Waals surface area contributed by atoms with Crippen LogP contribution in [0.4, 0.5) is 11.5 Å². The summed E-state index contributed by atoms with van der Waals surface area (Å²) in [6.45, 7) is 4.00. The Morgan fingerprint density at radius 1 is 1.42 bits per heavy atom. The van der Waals surface area contributed by atoms with E-state index < -0.39 is 0 Å². The second-order valence-electron chi connectivity index (χ2n) is 4.45. The SMILES string of the molecule is CC(C)n1nccc1NC(=O)c1ccc(Br)c(N)c1. The quantitative estimate of drug-likeness (QED) is 0.853. The number of nitrogen functional groups attached to an aromatic ring is 1. The molecule has 19 heavy (non-hydrogen) atoms. The van der Waals surface area contributed by atoms with Crippen LogP contribution in [0.5, 0.6) is 0 Å². The van der Waals surface area contributed by atoms with Gasteiger partial charge in [0.1, 0.15) is 5.82 Å². The summed E-state index contributed by atoms with van der Waals surface area (Å²) in [4.78, 5) is 12.1. The predicted octanol–water partition coefficient (Wildman–Crippen LogP) is 3.06. The Bertz CT molecular complexity index is 606. The van der Waals surface area contributed by atoms with Crippen molar-refractivity contribution in [1.29, 1.82) is 0 Å². The molecule has 5 nitrogen and oxygen atoms in total. The Hall–Kier alpha value is -1.82. The number of aromatic nitrogens is 2. The maximum Gasteiger partial charge on any atom is 0.256 e. The largest absolute Gasteiger partial charge is 0.398 e. The van der Waals surface area contributed by atoms with E-state index in [1.807, 2.05) is 13.8 Å². The first-order chi connectivity index (χ1) is 8.99. The minimum absolute atomic E-state index is 0.181. The minimum atomic E-state index is -0.207. The molecule has 0 aliphatic heterocycles. The van der Waals surface area contributed by atoms with Crippen molar-refractivity contribution in [2.75, 3.05) is 11.1 Å². The molecule has 0 fully saturated rings. The Kier molecular flexibility index (Phi) is 3.90. The summed E-state index contributed by atoms with van der Waals surface area (Å²) in [5, 5.41) is 6.99. The van der Waals surface area contributed by atoms with E-state index >= 15 is 0 Å². The number of halogens is 1. The lowest BCUT2D eigenvalue weighted by Gasteiger charge is -2.12. The lowest BCUT2D eigenvalue weighted by molar-refractivity contribution is 0.102. The van der Waals surface area contributed by atoms with Crippen molar-refractivity contribution in [2.24, 2.45) is 0 Å². The summed E-state index contributed by atoms with van der Waals surface area (Å²) in [5.41, 5.74) is 6.81. The Balaban J connectivity index is 2.21. The third kappa shape index (κ3) is 2.96. The summed E-state index contributed by atoms with van der Waals surface area (Å²) in [6, 6.07) is 7.05. The summed E-state index contributed by atoms with van der Waals surface area (Å²) in [6.07, 6.45) is 1.66. The van der Waals surface area contributed by atoms with Gasteiger partial charge < -0.3 is 11.1 Å². The van der Waals surface area contributed by atoms with Crippen molar-refractivity contribution >= 4 is 33.3 Å². The molecule has 0 spiro atoms. The summed E-state index contributed by atoms with van der Waals surface area (Å²) in [7, 11) is 0. The average Bonchev–Trinajstić information content (AvgIpc) is 2.80. The molecule has 0 aliphatic carbocycles. The van der Waals surface area contributed by atoms with Gasteiger partial charge in [-0.05, 0) is 48.0 Å². The Labute approximate surface area is 119 Å². The zero-order valence-corrected chi connectivity index (χ0v) is 12.3. The molecule has 1 amide bonds. The molecule has 0 unspecified atom stereocenters. The molecule has 0 atom stereocenters. The highest BCUT2D eigenvalue weighted by molar-refractivity contribution is 9.10. The highest BCUT2D eigenvalue weighted by atomic mass is 79.9. The molecule has 0 saturated carbocycles. The van der Waals surface area contributed by atoms with Crippen LogP contribution < -0.4 is 11.1 Å². The van der Waals surface area contributed by atoms with E-state index in [2.05, 4.69) is 26.3 Å². The number of nitrogens with zero attached hydrogens (tertiary/aromatic N) is 2. The van der Waals surface area contributed by atoms with Crippen molar-refractivity contribution in [3.63, 3.8) is 0 Å². The highest BCUT2D eigenvalue weighted by Crippen LogP contribution is 2.21. The second kappa shape index (κ2) is 5.44. The predicted molar refractivity (Wildman–Crippen MR) is 79.1 cm³/mol. The van der Waals surface area contributed by atoms with Gasteiger partial charge in [-0.25, -0.2) is 4.68 Å². The number of rotatable bonds is 3. The van der Waals surface area contributed by atoms with Crippen molar-refractivity contribution < 1.29 is 4.79 Å². The van der Waals surface area contributed by atoms with E-state index in [4.69, 9.17) is 5.73 Å². The third-order valence-electron chi connectivity index (χ3n) is 2.66. The second-order valence-corrected chi connectivity index (χ2v) is 5.30. The molecule has 1 heterocycles. The van der Waals surface area contributed by atoms with Crippen LogP contribution >= 0.6 is 15.9 Å². The normalized spacial score (nSPS) is 10.7. The zero-order valence-electron chi connectivity index (χ0n) is 10.7. The van der Waals surface area contributed by atoms with Crippen LogP contribution in [0.2, 0.25) is 0 Å². The van der Waals surface area contributed by atoms with Gasteiger partial charge in [-0.3, -0.25) is 4.79 Å². The summed E-state index contributed by atoms with van der Waals surface area (Å²) < 4.78 is 2.52. The number of benzene rings is 1. The van der Waals surface area contributed by atoms with Gasteiger partial charge in [0.15, 0.2) is 0 Å². The van der Waals surface area contributed by atoms with Crippen molar-refractivity contribution in [3.05, 3.63) is 40.5 Å². The molecule has 100 valence electrons. The lowest BCUT2D eigenvalue weighted by atomic mass is 10.2. The van der Waals surface area contributed by atoms with Crippen LogP contribution in [0.3, 0.4) is 0 Å². The van der Waals surface area contributed by atoms with Gasteiger partial charge in [-0.2, -0.15) is 5.10 Å². The van der Waals surface area contributed by atoms with Crippen molar-refractivity contribution in [1.82, 2.24) is 9.78 Å². The van der Waals surface area contributed by atoms with Crippen LogP contribution in [0.25, 0.3) is 0 Å². The fourth-order valence-electron chi connectivity index (χ4n) is 1.70. The van der Waals surface area contributed by atoms with E-state index in [1.54, 1.807) is 35.1 Å². The molecule has 6 heteroatoms. The van der Waals surface area contributed by atoms with Gasteiger partial charge >= 0.3 is 0 Å². The number of hydrogen-bond acceptors (Lipinski definition) is 3. The Morgan fingerprint density at radius 2 is 2.16 bits per heavy atom. The first-order valence-electron chi connectivity index (χ1n) is 5.89. The smallest absolute Gasteiger partial charge is 0.256 e. The summed E-state index contributed by atoms with van der Waals surface area (Å²) in [5.74, 6) is 0.461. The van der Waals surface area contributed by atoms with Gasteiger partial charge in [0.05, 0.1) is 6.20 Å². The van der Waals surface area contributed by atoms with Gasteiger partial charge in [-0.15, -0.1) is 0 Å². The topological polar surface area (TPSA) is 72.9 Å². The molecule has 0 saturated heterocycles. The molecule has 2 rings (SSSR count). The molecule has 3 N–H and O–H groups in total. The molecule has 2 aromatic rings. The molecular formula is C13H15BrN4O. The molecule has 1 aromatic carbocycles. The number of nitrogens with one attached hydrogen (secondary N) is 1. The monoisotopic (exact) mass is 322 g/mol. The number of carbonyl (C=O) groups excluding carboxylic acids is 1. The number of hydrogen-bond donors (Lipinski definition) is 2. The van der Waals surface area contributed by atoms with Crippen LogP contribution in [0.1, 0.15) is 30.2 Å². The van der Waals surface area contributed by atoms with Crippen LogP contribution in [-0.4, -0.2) is 15.7 Å². The van der Waals surface area contributed by atoms with Gasteiger partial charge in [0.25, 0.3) is 5.91 Å². The van der Waals surface area contributed by atoms with Gasteiger partial charge in [0, 0.05) is 27.8 Å². The molecule has 0 radical (unpaired) electrons. The van der Waals surface area contributed by atoms with Crippen molar-refractivity contribution in [3.8, 4) is 0 Å². The maximum atomic E-state index is 12.1. The van der Waals surface area contributed by atoms with Gasteiger partial charge in [0.2, 0.25) is 0 Å². The first kappa shape index (κ1) is 13.6. The first-order valence-corrected chi connectivity index (χ1v) is 6.68. The fraction of sp³-hybridized carbons (Fsp3) is 0.231. The van der Waals surface area contributed by atoms with Crippen LogP contribution in [0, 0.1) is 0 Å². The van der Waals surface area contributed by atoms with Crippen LogP contribution in [0.15, 0.2) is 34.9 Å². The van der Waals surface area contributed by atoms with E-state index in [-0.39, 0.29) is 11.9 Å². The number of amides is 1. The standard InChI is InChI=1S/C13H15BrN4O/c1-8(2)18-12(5-6-16-18)17-13(19)9-3-4-10(14)11(15)7-9/h3-8H,15H2,1-2H3,(H,17,19). The van der Waals surface area contributed by atoms with E-state index in [1.165, 1.54) is 0 Å². The van der Waals surface area contributed by atoms with E-state index in [0.29, 0.717) is 17.1 Å². The third-order valence-corrected chi connectivity index (χ3v) is 3.38.